The van der Waals surface area contributed by atoms with Crippen LogP contribution in [0, 0.1) is 0 Å². The molecule has 0 aliphatic carbocycles. The summed E-state index contributed by atoms with van der Waals surface area (Å²) in [7, 11) is -7.71. The summed E-state index contributed by atoms with van der Waals surface area (Å²) in [4.78, 5) is 23.8. The Morgan fingerprint density at radius 1 is 0.556 bits per heavy atom. The Balaban J connectivity index is 0.000000842. The molecule has 0 aliphatic rings. The predicted octanol–water partition coefficient (Wildman–Crippen LogP) is 7.95. The Hall–Kier alpha value is -0.400. The van der Waals surface area contributed by atoms with E-state index in [0.29, 0.717) is 22.6 Å². The van der Waals surface area contributed by atoms with E-state index >= 15 is 0 Å². The zero-order valence-electron chi connectivity index (χ0n) is 28.6. The van der Waals surface area contributed by atoms with Crippen LogP contribution in [0.15, 0.2) is 24.3 Å². The van der Waals surface area contributed by atoms with Crippen LogP contribution in [-0.4, -0.2) is 61.2 Å². The number of phenols is 2. The molecule has 0 aromatic heterocycles. The van der Waals surface area contributed by atoms with Crippen molar-refractivity contribution in [3.05, 3.63) is 57.6 Å². The van der Waals surface area contributed by atoms with E-state index in [1.165, 1.54) is 0 Å². The fraction of sp³-hybridized carbons (Fsp3) is 0.647. The number of unbranched alkanes of at least 4 members (excludes halogenated alkanes) is 4. The maximum absolute atomic E-state index is 11.9. The summed E-state index contributed by atoms with van der Waals surface area (Å²) < 4.78 is 33.4. The molecule has 11 heteroatoms. The first-order valence-electron chi connectivity index (χ1n) is 16.4. The number of hydrogen-bond donors (Lipinski definition) is 2. The van der Waals surface area contributed by atoms with Crippen molar-refractivity contribution < 1.29 is 38.2 Å². The van der Waals surface area contributed by atoms with E-state index in [0.717, 1.165) is 99.3 Å². The fourth-order valence-corrected chi connectivity index (χ4v) is 7.24. The second-order valence-electron chi connectivity index (χ2n) is 11.3. The molecule has 2 unspecified atom stereocenters. The molecule has 0 bridgehead atoms. The van der Waals surface area contributed by atoms with E-state index in [1.807, 2.05) is 24.3 Å². The predicted molar refractivity (Wildman–Crippen MR) is 182 cm³/mol. The van der Waals surface area contributed by atoms with Crippen LogP contribution in [0.5, 0.6) is 11.5 Å². The van der Waals surface area contributed by atoms with Crippen LogP contribution in [0.25, 0.3) is 0 Å². The second-order valence-corrected chi connectivity index (χ2v) is 14.9. The van der Waals surface area contributed by atoms with Gasteiger partial charge in [-0.15, -0.1) is 0 Å². The van der Waals surface area contributed by atoms with Crippen molar-refractivity contribution in [1.82, 2.24) is 0 Å². The molecule has 2 rings (SSSR count). The molecule has 0 saturated heterocycles. The Labute approximate surface area is 302 Å². The average Bonchev–Trinajstić information content (AvgIpc) is 2.95. The molecule has 8 nitrogen and oxygen atoms in total. The number of aryl methyl sites for hydroxylation is 4. The minimum absolute atomic E-state index is 0. The van der Waals surface area contributed by atoms with Gasteiger partial charge in [0, 0.05) is 12.3 Å². The molecule has 2 atom stereocenters. The summed E-state index contributed by atoms with van der Waals surface area (Å²) in [6.07, 6.45) is 10.9. The van der Waals surface area contributed by atoms with E-state index in [9.17, 15) is 29.1 Å². The third-order valence-corrected chi connectivity index (χ3v) is 10.1. The van der Waals surface area contributed by atoms with Gasteiger partial charge in [0.2, 0.25) is 0 Å². The van der Waals surface area contributed by atoms with Crippen LogP contribution in [0.4, 0.5) is 0 Å². The van der Waals surface area contributed by atoms with Crippen molar-refractivity contribution in [3.8, 4) is 11.5 Å². The smallest absolute Gasteiger partial charge is 0.778 e. The van der Waals surface area contributed by atoms with Gasteiger partial charge in [-0.2, -0.15) is 0 Å². The summed E-state index contributed by atoms with van der Waals surface area (Å²) in [5, 5.41) is 20.8. The number of rotatable bonds is 20. The van der Waals surface area contributed by atoms with Gasteiger partial charge in [0.05, 0.1) is 13.2 Å². The van der Waals surface area contributed by atoms with Crippen molar-refractivity contribution in [2.45, 2.75) is 131 Å². The molecule has 0 saturated carbocycles. The van der Waals surface area contributed by atoms with Gasteiger partial charge in [-0.05, 0) is 98.6 Å². The van der Waals surface area contributed by atoms with Crippen LogP contribution in [-0.2, 0) is 56.2 Å². The van der Waals surface area contributed by atoms with Crippen LogP contribution in [0.3, 0.4) is 0 Å². The van der Waals surface area contributed by atoms with Crippen molar-refractivity contribution in [1.29, 1.82) is 0 Å². The van der Waals surface area contributed by atoms with E-state index in [-0.39, 0.29) is 63.3 Å². The number of aromatic hydroxyl groups is 2. The zero-order chi connectivity index (χ0) is 33.2. The normalized spacial score (nSPS) is 13.7. The van der Waals surface area contributed by atoms with Crippen molar-refractivity contribution >= 4 is 52.9 Å². The Bertz CT molecular complexity index is 1070. The molecule has 0 fully saturated rings. The second kappa shape index (κ2) is 23.8. The molecule has 0 amide bonds. The quantitative estimate of drug-likeness (QED) is 0.105. The van der Waals surface area contributed by atoms with Gasteiger partial charge in [0.15, 0.2) is 0 Å². The van der Waals surface area contributed by atoms with Gasteiger partial charge >= 0.3 is 37.7 Å². The molecule has 252 valence electrons. The standard InChI is InChI=1S/2C17H29O4P.Ca/c2*1-4-7-9-15-11-14(13-22(19,20)21-6-3)12-16(17(15)18)10-8-5-2;/h2*11-12,18H,4-10,13H2,1-3H3,(H,19,20);/q;;+2/p-2. The molecular weight excluding hydrogens is 638 g/mol. The molecule has 2 aromatic rings. The minimum atomic E-state index is -3.85. The van der Waals surface area contributed by atoms with Gasteiger partial charge < -0.3 is 38.2 Å². The van der Waals surface area contributed by atoms with Crippen molar-refractivity contribution in [2.24, 2.45) is 0 Å². The molecule has 0 aliphatic heterocycles. The van der Waals surface area contributed by atoms with Crippen LogP contribution in [0.1, 0.15) is 126 Å². The summed E-state index contributed by atoms with van der Waals surface area (Å²) in [6, 6.07) is 7.24. The molecule has 2 N–H and O–H groups in total. The number of hydrogen-bond acceptors (Lipinski definition) is 8. The average molecular weight is 695 g/mol. The third kappa shape index (κ3) is 17.5. The van der Waals surface area contributed by atoms with Gasteiger partial charge in [0.25, 0.3) is 0 Å². The van der Waals surface area contributed by atoms with Crippen LogP contribution >= 0.6 is 15.2 Å². The van der Waals surface area contributed by atoms with Crippen molar-refractivity contribution in [2.75, 3.05) is 13.2 Å². The summed E-state index contributed by atoms with van der Waals surface area (Å²) >= 11 is 0. The molecule has 0 radical (unpaired) electrons. The van der Waals surface area contributed by atoms with Gasteiger partial charge in [-0.1, -0.05) is 77.6 Å². The van der Waals surface area contributed by atoms with Gasteiger partial charge in [0.1, 0.15) is 26.7 Å². The largest absolute Gasteiger partial charge is 2.00 e. The maximum atomic E-state index is 11.9. The van der Waals surface area contributed by atoms with E-state index in [1.54, 1.807) is 13.8 Å². The topological polar surface area (TPSA) is 139 Å². The Morgan fingerprint density at radius 3 is 1.00 bits per heavy atom. The SMILES string of the molecule is CCCCc1cc(CP(=O)([O-])OCC)cc(CCCC)c1O.CCCCc1cc(CP(=O)([O-])OCC)cc(CCCC)c1O.[Ca+2]. The molecular formula is C34H56CaO8P2. The summed E-state index contributed by atoms with van der Waals surface area (Å²) in [5.74, 6) is 0.672. The van der Waals surface area contributed by atoms with Crippen LogP contribution in [0.2, 0.25) is 0 Å². The monoisotopic (exact) mass is 694 g/mol. The molecule has 0 spiro atoms. The maximum Gasteiger partial charge on any atom is 2.00 e. The van der Waals surface area contributed by atoms with E-state index in [2.05, 4.69) is 27.7 Å². The van der Waals surface area contributed by atoms with Crippen LogP contribution < -0.4 is 9.79 Å². The summed E-state index contributed by atoms with van der Waals surface area (Å²) in [6.45, 7) is 12.0. The molecule has 2 aromatic carbocycles. The van der Waals surface area contributed by atoms with Gasteiger partial charge in [-0.25, -0.2) is 0 Å². The first-order chi connectivity index (χ1) is 20.9. The summed E-state index contributed by atoms with van der Waals surface area (Å²) in [5.41, 5.74) is 4.82. The first kappa shape index (κ1) is 44.6. The van der Waals surface area contributed by atoms with E-state index in [4.69, 9.17) is 9.05 Å². The number of benzene rings is 2. The van der Waals surface area contributed by atoms with Gasteiger partial charge in [-0.3, -0.25) is 0 Å². The Kier molecular flexibility index (Phi) is 23.6. The third-order valence-electron chi connectivity index (χ3n) is 7.26. The molecule has 0 heterocycles. The van der Waals surface area contributed by atoms with E-state index < -0.39 is 15.2 Å². The first-order valence-corrected chi connectivity index (χ1v) is 19.9. The zero-order valence-corrected chi connectivity index (χ0v) is 32.6. The minimum Gasteiger partial charge on any atom is -0.778 e. The Morgan fingerprint density at radius 2 is 0.800 bits per heavy atom. The number of phenolic OH excluding ortho intramolecular Hbond substituents is 2. The fourth-order valence-electron chi connectivity index (χ4n) is 5.01. The van der Waals surface area contributed by atoms with Crippen molar-refractivity contribution in [3.63, 3.8) is 0 Å². The molecule has 45 heavy (non-hydrogen) atoms.